The third kappa shape index (κ3) is 2.05. The Morgan fingerprint density at radius 2 is 2.39 bits per heavy atom. The van der Waals surface area contributed by atoms with Gasteiger partial charge in [-0.3, -0.25) is 4.68 Å². The van der Waals surface area contributed by atoms with E-state index in [1.165, 1.54) is 18.6 Å². The zero-order valence-electron chi connectivity index (χ0n) is 10.7. The van der Waals surface area contributed by atoms with Crippen LogP contribution in [0.25, 0.3) is 11.0 Å². The van der Waals surface area contributed by atoms with Crippen molar-refractivity contribution < 1.29 is 0 Å². The molecule has 3 rings (SSSR count). The largest absolute Gasteiger partial charge is 0.368 e. The van der Waals surface area contributed by atoms with Gasteiger partial charge in [0.2, 0.25) is 0 Å². The van der Waals surface area contributed by atoms with Gasteiger partial charge in [-0.2, -0.15) is 16.9 Å². The van der Waals surface area contributed by atoms with Crippen molar-refractivity contribution in [3.05, 3.63) is 12.5 Å². The summed E-state index contributed by atoms with van der Waals surface area (Å²) in [6.45, 7) is 3.26. The fourth-order valence-corrected chi connectivity index (χ4v) is 3.59. The van der Waals surface area contributed by atoms with E-state index in [1.54, 1.807) is 11.0 Å². The van der Waals surface area contributed by atoms with Crippen LogP contribution < -0.4 is 5.32 Å². The number of nitrogens with one attached hydrogen (secondary N) is 1. The zero-order chi connectivity index (χ0) is 12.6. The molecule has 1 unspecified atom stereocenters. The summed E-state index contributed by atoms with van der Waals surface area (Å²) in [5.74, 6) is 2.16. The molecule has 0 radical (unpaired) electrons. The lowest BCUT2D eigenvalue weighted by Gasteiger charge is -2.23. The third-order valence-electron chi connectivity index (χ3n) is 3.46. The Balaban J connectivity index is 1.82. The molecule has 1 atom stereocenters. The maximum Gasteiger partial charge on any atom is 0.163 e. The van der Waals surface area contributed by atoms with Crippen LogP contribution >= 0.6 is 11.8 Å². The normalized spacial score (nSPS) is 23.7. The molecule has 1 N–H and O–H groups in total. The van der Waals surface area contributed by atoms with E-state index in [4.69, 9.17) is 0 Å². The van der Waals surface area contributed by atoms with Gasteiger partial charge in [0.05, 0.1) is 11.6 Å². The second-order valence-electron chi connectivity index (χ2n) is 4.98. The molecule has 2 aromatic rings. The fourth-order valence-electron chi connectivity index (χ4n) is 2.35. The van der Waals surface area contributed by atoms with E-state index in [1.807, 2.05) is 25.0 Å². The average molecular weight is 263 g/mol. The number of hydrogen-bond acceptors (Lipinski definition) is 5. The summed E-state index contributed by atoms with van der Waals surface area (Å²) < 4.78 is 2.10. The van der Waals surface area contributed by atoms with Crippen molar-refractivity contribution in [3.8, 4) is 0 Å². The van der Waals surface area contributed by atoms with Crippen LogP contribution in [0.5, 0.6) is 0 Å². The van der Waals surface area contributed by atoms with Gasteiger partial charge in [0.15, 0.2) is 5.65 Å². The first-order chi connectivity index (χ1) is 8.68. The lowest BCUT2D eigenvalue weighted by molar-refractivity contribution is 0.634. The SMILES string of the molecule is Cn1ncc2c(NCC3(C)CCCS3)ncnc21. The zero-order valence-corrected chi connectivity index (χ0v) is 11.5. The Morgan fingerprint density at radius 3 is 3.17 bits per heavy atom. The van der Waals surface area contributed by atoms with Crippen molar-refractivity contribution in [2.45, 2.75) is 24.5 Å². The molecule has 0 saturated carbocycles. The molecular formula is C12H17N5S. The Morgan fingerprint density at radius 1 is 1.50 bits per heavy atom. The summed E-state index contributed by atoms with van der Waals surface area (Å²) in [4.78, 5) is 8.57. The van der Waals surface area contributed by atoms with Gasteiger partial charge in [-0.05, 0) is 25.5 Å². The van der Waals surface area contributed by atoms with E-state index in [2.05, 4.69) is 27.3 Å². The highest BCUT2D eigenvalue weighted by atomic mass is 32.2. The number of rotatable bonds is 3. The van der Waals surface area contributed by atoms with Crippen LogP contribution in [0, 0.1) is 0 Å². The van der Waals surface area contributed by atoms with Gasteiger partial charge in [0.25, 0.3) is 0 Å². The molecule has 18 heavy (non-hydrogen) atoms. The summed E-state index contributed by atoms with van der Waals surface area (Å²) in [5.41, 5.74) is 0.872. The highest BCUT2D eigenvalue weighted by molar-refractivity contribution is 8.00. The van der Waals surface area contributed by atoms with Gasteiger partial charge in [0.1, 0.15) is 12.1 Å². The van der Waals surface area contributed by atoms with Crippen LogP contribution in [0.15, 0.2) is 12.5 Å². The molecule has 0 spiro atoms. The number of anilines is 1. The first-order valence-corrected chi connectivity index (χ1v) is 7.17. The van der Waals surface area contributed by atoms with Gasteiger partial charge in [0, 0.05) is 18.3 Å². The summed E-state index contributed by atoms with van der Waals surface area (Å²) >= 11 is 2.05. The van der Waals surface area contributed by atoms with E-state index >= 15 is 0 Å². The van der Waals surface area contributed by atoms with E-state index in [-0.39, 0.29) is 0 Å². The molecule has 1 aliphatic heterocycles. The second-order valence-corrected chi connectivity index (χ2v) is 6.67. The molecule has 1 fully saturated rings. The van der Waals surface area contributed by atoms with Gasteiger partial charge in [-0.1, -0.05) is 0 Å². The number of hydrogen-bond donors (Lipinski definition) is 1. The van der Waals surface area contributed by atoms with Gasteiger partial charge >= 0.3 is 0 Å². The minimum Gasteiger partial charge on any atom is -0.368 e. The summed E-state index contributed by atoms with van der Waals surface area (Å²) in [7, 11) is 1.90. The quantitative estimate of drug-likeness (QED) is 0.918. The van der Waals surface area contributed by atoms with Crippen LogP contribution in [0.2, 0.25) is 0 Å². The monoisotopic (exact) mass is 263 g/mol. The van der Waals surface area contributed by atoms with Gasteiger partial charge in [-0.15, -0.1) is 0 Å². The van der Waals surface area contributed by atoms with E-state index in [0.717, 1.165) is 23.4 Å². The van der Waals surface area contributed by atoms with E-state index in [0.29, 0.717) is 4.75 Å². The second kappa shape index (κ2) is 4.42. The molecule has 3 heterocycles. The maximum absolute atomic E-state index is 4.33. The summed E-state index contributed by atoms with van der Waals surface area (Å²) in [5, 5.41) is 8.67. The average Bonchev–Trinajstić information content (AvgIpc) is 2.96. The standard InChI is InChI=1S/C12H17N5S/c1-12(4-3-5-18-12)7-13-10-9-6-16-17(2)11(9)15-8-14-10/h6,8H,3-5,7H2,1-2H3,(H,13,14,15). The molecule has 5 nitrogen and oxygen atoms in total. The molecule has 0 aromatic carbocycles. The minimum absolute atomic E-state index is 0.333. The smallest absolute Gasteiger partial charge is 0.163 e. The van der Waals surface area contributed by atoms with Crippen LogP contribution in [0.1, 0.15) is 19.8 Å². The van der Waals surface area contributed by atoms with Crippen molar-refractivity contribution in [1.82, 2.24) is 19.7 Å². The molecule has 0 amide bonds. The van der Waals surface area contributed by atoms with Crippen molar-refractivity contribution in [3.63, 3.8) is 0 Å². The first-order valence-electron chi connectivity index (χ1n) is 6.18. The van der Waals surface area contributed by atoms with Crippen molar-refractivity contribution in [2.75, 3.05) is 17.6 Å². The molecule has 96 valence electrons. The predicted octanol–water partition coefficient (Wildman–Crippen LogP) is 2.06. The maximum atomic E-state index is 4.33. The highest BCUT2D eigenvalue weighted by Crippen LogP contribution is 2.37. The van der Waals surface area contributed by atoms with Crippen molar-refractivity contribution in [1.29, 1.82) is 0 Å². The third-order valence-corrected chi connectivity index (χ3v) is 5.00. The Hall–Kier alpha value is -1.30. The Bertz CT molecular complexity index is 559. The molecule has 6 heteroatoms. The molecule has 1 aliphatic rings. The van der Waals surface area contributed by atoms with Crippen LogP contribution in [-0.2, 0) is 7.05 Å². The number of thioether (sulfide) groups is 1. The Kier molecular flexibility index (Phi) is 2.89. The van der Waals surface area contributed by atoms with E-state index < -0.39 is 0 Å². The van der Waals surface area contributed by atoms with Crippen molar-refractivity contribution >= 4 is 28.6 Å². The number of nitrogens with zero attached hydrogens (tertiary/aromatic N) is 4. The predicted molar refractivity (Wildman–Crippen MR) is 74.9 cm³/mol. The minimum atomic E-state index is 0.333. The molecule has 1 saturated heterocycles. The van der Waals surface area contributed by atoms with Crippen LogP contribution in [0.3, 0.4) is 0 Å². The topological polar surface area (TPSA) is 55.6 Å². The Labute approximate surface area is 110 Å². The van der Waals surface area contributed by atoms with Crippen LogP contribution in [-0.4, -0.2) is 36.8 Å². The highest BCUT2D eigenvalue weighted by Gasteiger charge is 2.29. The molecule has 0 bridgehead atoms. The lowest BCUT2D eigenvalue weighted by Crippen LogP contribution is -2.27. The summed E-state index contributed by atoms with van der Waals surface area (Å²) in [6.07, 6.45) is 6.00. The number of aromatic nitrogens is 4. The van der Waals surface area contributed by atoms with Gasteiger partial charge in [-0.25, -0.2) is 9.97 Å². The molecular weight excluding hydrogens is 246 g/mol. The summed E-state index contributed by atoms with van der Waals surface area (Å²) in [6, 6.07) is 0. The fraction of sp³-hybridized carbons (Fsp3) is 0.583. The number of fused-ring (bicyclic) bond motifs is 1. The number of aryl methyl sites for hydroxylation is 1. The lowest BCUT2D eigenvalue weighted by atomic mass is 10.1. The van der Waals surface area contributed by atoms with E-state index in [9.17, 15) is 0 Å². The molecule has 0 aliphatic carbocycles. The van der Waals surface area contributed by atoms with Gasteiger partial charge < -0.3 is 5.32 Å². The molecule has 2 aromatic heterocycles. The van der Waals surface area contributed by atoms with Crippen molar-refractivity contribution in [2.24, 2.45) is 7.05 Å². The van der Waals surface area contributed by atoms with Crippen LogP contribution in [0.4, 0.5) is 5.82 Å². The first kappa shape index (κ1) is 11.8.